The molecule has 0 aromatic heterocycles. The second-order valence-corrected chi connectivity index (χ2v) is 5.04. The summed E-state index contributed by atoms with van der Waals surface area (Å²) in [7, 11) is 0. The zero-order valence-electron chi connectivity index (χ0n) is 11.6. The quantitative estimate of drug-likeness (QED) is 0.430. The molecule has 0 heteroatoms. The molecule has 0 fully saturated rings. The van der Waals surface area contributed by atoms with E-state index in [-0.39, 0.29) is 0 Å². The molecule has 0 N–H and O–H groups in total. The highest BCUT2D eigenvalue weighted by atomic mass is 14.2. The van der Waals surface area contributed by atoms with Gasteiger partial charge in [0, 0.05) is 0 Å². The van der Waals surface area contributed by atoms with E-state index in [0.29, 0.717) is 11.8 Å². The highest BCUT2D eigenvalue weighted by Gasteiger charge is 2.16. The van der Waals surface area contributed by atoms with Crippen molar-refractivity contribution >= 4 is 0 Å². The molecule has 0 nitrogen and oxygen atoms in total. The van der Waals surface area contributed by atoms with Gasteiger partial charge < -0.3 is 0 Å². The Morgan fingerprint density at radius 3 is 2.53 bits per heavy atom. The summed E-state index contributed by atoms with van der Waals surface area (Å²) in [5.74, 6) is 1.20. The van der Waals surface area contributed by atoms with Crippen molar-refractivity contribution in [3.05, 3.63) is 48.0 Å². The Bertz CT molecular complexity index is 338. The minimum Gasteiger partial charge on any atom is -0.103 e. The van der Waals surface area contributed by atoms with Crippen LogP contribution in [0.2, 0.25) is 0 Å². The predicted molar refractivity (Wildman–Crippen MR) is 77.4 cm³/mol. The van der Waals surface area contributed by atoms with Crippen LogP contribution in [0.25, 0.3) is 0 Å². The van der Waals surface area contributed by atoms with Crippen LogP contribution in [-0.2, 0) is 0 Å². The minimum absolute atomic E-state index is 0.588. The summed E-state index contributed by atoms with van der Waals surface area (Å²) in [4.78, 5) is 0. The molecule has 2 unspecified atom stereocenters. The van der Waals surface area contributed by atoms with Crippen LogP contribution in [0.15, 0.2) is 36.9 Å². The number of rotatable bonds is 7. The molecule has 0 saturated carbocycles. The smallest absolute Gasteiger partial charge is 0.0125 e. The van der Waals surface area contributed by atoms with Crippen molar-refractivity contribution in [2.24, 2.45) is 5.92 Å². The maximum Gasteiger partial charge on any atom is -0.0125 e. The van der Waals surface area contributed by atoms with Gasteiger partial charge in [0.2, 0.25) is 0 Å². The first-order valence-electron chi connectivity index (χ1n) is 6.88. The predicted octanol–water partition coefficient (Wildman–Crippen LogP) is 5.48. The Morgan fingerprint density at radius 2 is 1.94 bits per heavy atom. The molecular formula is C17H26. The second-order valence-electron chi connectivity index (χ2n) is 5.04. The van der Waals surface area contributed by atoms with Crippen LogP contribution in [0.1, 0.15) is 56.6 Å². The average Bonchev–Trinajstić information content (AvgIpc) is 2.35. The first-order valence-corrected chi connectivity index (χ1v) is 6.88. The number of hydrogen-bond acceptors (Lipinski definition) is 0. The van der Waals surface area contributed by atoms with E-state index < -0.39 is 0 Å². The average molecular weight is 230 g/mol. The van der Waals surface area contributed by atoms with Crippen molar-refractivity contribution in [3.63, 3.8) is 0 Å². The minimum atomic E-state index is 0.588. The lowest BCUT2D eigenvalue weighted by Gasteiger charge is -2.22. The Labute approximate surface area is 107 Å². The Balaban J connectivity index is 2.69. The van der Waals surface area contributed by atoms with Crippen LogP contribution >= 0.6 is 0 Å². The highest BCUT2D eigenvalue weighted by Crippen LogP contribution is 2.31. The van der Waals surface area contributed by atoms with E-state index in [9.17, 15) is 0 Å². The van der Waals surface area contributed by atoms with Crippen LogP contribution < -0.4 is 0 Å². The number of aryl methyl sites for hydroxylation is 1. The van der Waals surface area contributed by atoms with Gasteiger partial charge in [-0.1, -0.05) is 63.5 Å². The molecule has 17 heavy (non-hydrogen) atoms. The number of benzene rings is 1. The van der Waals surface area contributed by atoms with Gasteiger partial charge in [-0.2, -0.15) is 0 Å². The first-order chi connectivity index (χ1) is 8.20. The van der Waals surface area contributed by atoms with E-state index in [0.717, 1.165) is 0 Å². The fourth-order valence-electron chi connectivity index (χ4n) is 2.53. The maximum atomic E-state index is 4.02. The maximum absolute atomic E-state index is 4.02. The molecule has 0 aliphatic carbocycles. The zero-order chi connectivity index (χ0) is 12.7. The van der Waals surface area contributed by atoms with Crippen LogP contribution in [-0.4, -0.2) is 0 Å². The molecule has 0 bridgehead atoms. The summed E-state index contributed by atoms with van der Waals surface area (Å²) in [5.41, 5.74) is 2.89. The SMILES string of the molecule is C=CC(CCCCC)C(C)c1ccccc1C. The molecule has 0 radical (unpaired) electrons. The van der Waals surface area contributed by atoms with E-state index in [1.54, 1.807) is 0 Å². The second kappa shape index (κ2) is 7.32. The third-order valence-electron chi connectivity index (χ3n) is 3.77. The van der Waals surface area contributed by atoms with Crippen LogP contribution in [0.3, 0.4) is 0 Å². The Morgan fingerprint density at radius 1 is 1.24 bits per heavy atom. The Hall–Kier alpha value is -1.04. The van der Waals surface area contributed by atoms with Gasteiger partial charge in [-0.25, -0.2) is 0 Å². The molecular weight excluding hydrogens is 204 g/mol. The van der Waals surface area contributed by atoms with Crippen molar-refractivity contribution < 1.29 is 0 Å². The number of unbranched alkanes of at least 4 members (excludes halogenated alkanes) is 2. The van der Waals surface area contributed by atoms with Crippen molar-refractivity contribution in [2.75, 3.05) is 0 Å². The van der Waals surface area contributed by atoms with E-state index in [1.807, 2.05) is 0 Å². The van der Waals surface area contributed by atoms with Gasteiger partial charge in [-0.3, -0.25) is 0 Å². The lowest BCUT2D eigenvalue weighted by atomic mass is 9.82. The fraction of sp³-hybridized carbons (Fsp3) is 0.529. The largest absolute Gasteiger partial charge is 0.103 e. The van der Waals surface area contributed by atoms with Gasteiger partial charge in [0.15, 0.2) is 0 Å². The van der Waals surface area contributed by atoms with Gasteiger partial charge in [0.25, 0.3) is 0 Å². The number of allylic oxidation sites excluding steroid dienone is 1. The molecule has 1 aromatic rings. The molecule has 0 saturated heterocycles. The third kappa shape index (κ3) is 4.03. The van der Waals surface area contributed by atoms with Gasteiger partial charge in [0.1, 0.15) is 0 Å². The van der Waals surface area contributed by atoms with Crippen molar-refractivity contribution in [1.29, 1.82) is 0 Å². The molecule has 1 aromatic carbocycles. The van der Waals surface area contributed by atoms with Crippen molar-refractivity contribution in [1.82, 2.24) is 0 Å². The highest BCUT2D eigenvalue weighted by molar-refractivity contribution is 5.29. The lowest BCUT2D eigenvalue weighted by Crippen LogP contribution is -2.09. The Kier molecular flexibility index (Phi) is 6.04. The standard InChI is InChI=1S/C17H26/c1-5-7-8-12-16(6-2)15(4)17-13-10-9-11-14(17)3/h6,9-11,13,15-16H,2,5,7-8,12H2,1,3-4H3. The van der Waals surface area contributed by atoms with E-state index in [2.05, 4.69) is 57.7 Å². The molecule has 0 spiro atoms. The fourth-order valence-corrected chi connectivity index (χ4v) is 2.53. The van der Waals surface area contributed by atoms with Crippen LogP contribution in [0, 0.1) is 12.8 Å². The van der Waals surface area contributed by atoms with Crippen molar-refractivity contribution in [2.45, 2.75) is 52.4 Å². The summed E-state index contributed by atoms with van der Waals surface area (Å²) in [6, 6.07) is 8.73. The molecule has 94 valence electrons. The zero-order valence-corrected chi connectivity index (χ0v) is 11.6. The number of hydrogen-bond donors (Lipinski definition) is 0. The van der Waals surface area contributed by atoms with Gasteiger partial charge in [-0.15, -0.1) is 6.58 Å². The molecule has 1 rings (SSSR count). The van der Waals surface area contributed by atoms with Gasteiger partial charge >= 0.3 is 0 Å². The summed E-state index contributed by atoms with van der Waals surface area (Å²) in [5, 5.41) is 0. The van der Waals surface area contributed by atoms with Crippen LogP contribution in [0.5, 0.6) is 0 Å². The van der Waals surface area contributed by atoms with Crippen molar-refractivity contribution in [3.8, 4) is 0 Å². The topological polar surface area (TPSA) is 0 Å². The molecule has 0 aliphatic heterocycles. The van der Waals surface area contributed by atoms with E-state index in [1.165, 1.54) is 36.8 Å². The summed E-state index contributed by atoms with van der Waals surface area (Å²) < 4.78 is 0. The molecule has 2 atom stereocenters. The van der Waals surface area contributed by atoms with Gasteiger partial charge in [0.05, 0.1) is 0 Å². The molecule has 0 aliphatic rings. The van der Waals surface area contributed by atoms with E-state index in [4.69, 9.17) is 0 Å². The normalized spacial score (nSPS) is 14.3. The third-order valence-corrected chi connectivity index (χ3v) is 3.77. The summed E-state index contributed by atoms with van der Waals surface area (Å²) >= 11 is 0. The van der Waals surface area contributed by atoms with E-state index >= 15 is 0 Å². The molecule has 0 heterocycles. The lowest BCUT2D eigenvalue weighted by molar-refractivity contribution is 0.473. The molecule has 0 amide bonds. The first kappa shape index (κ1) is 14.0. The summed E-state index contributed by atoms with van der Waals surface area (Å²) in [6.07, 6.45) is 7.37. The monoisotopic (exact) mass is 230 g/mol. The van der Waals surface area contributed by atoms with Crippen LogP contribution in [0.4, 0.5) is 0 Å². The van der Waals surface area contributed by atoms with Gasteiger partial charge in [-0.05, 0) is 36.3 Å². The summed E-state index contributed by atoms with van der Waals surface area (Å²) in [6.45, 7) is 10.8.